The molecule has 5 nitrogen and oxygen atoms in total. The van der Waals surface area contributed by atoms with Crippen LogP contribution in [-0.4, -0.2) is 14.3 Å². The van der Waals surface area contributed by atoms with Crippen LogP contribution in [0.5, 0.6) is 0 Å². The van der Waals surface area contributed by atoms with Gasteiger partial charge in [-0.15, -0.1) is 0 Å². The van der Waals surface area contributed by atoms with Crippen LogP contribution in [-0.2, 0) is 10.0 Å². The van der Waals surface area contributed by atoms with Crippen molar-refractivity contribution in [3.8, 4) is 0 Å². The standard InChI is InChI=1S/C19H12ClF3N2O3S/c20-15-7-1-11(19(26)24-13-4-8-16(22)17(23)10-13)9-18(15)25-29(27,28)14-5-2-12(21)3-6-14/h1-10,25H,(H,24,26). The van der Waals surface area contributed by atoms with E-state index in [1.807, 2.05) is 0 Å². The highest BCUT2D eigenvalue weighted by molar-refractivity contribution is 7.92. The number of sulfonamides is 1. The molecule has 2 N–H and O–H groups in total. The molecule has 0 saturated heterocycles. The molecule has 29 heavy (non-hydrogen) atoms. The summed E-state index contributed by atoms with van der Waals surface area (Å²) in [4.78, 5) is 12.2. The Bertz CT molecular complexity index is 1190. The number of hydrogen-bond acceptors (Lipinski definition) is 3. The van der Waals surface area contributed by atoms with Crippen LogP contribution >= 0.6 is 11.6 Å². The van der Waals surface area contributed by atoms with Gasteiger partial charge in [-0.1, -0.05) is 11.6 Å². The lowest BCUT2D eigenvalue weighted by atomic mass is 10.2. The summed E-state index contributed by atoms with van der Waals surface area (Å²) in [7, 11) is -4.09. The van der Waals surface area contributed by atoms with Crippen molar-refractivity contribution in [3.63, 3.8) is 0 Å². The first-order valence-electron chi connectivity index (χ1n) is 8.00. The summed E-state index contributed by atoms with van der Waals surface area (Å²) in [5, 5.41) is 2.38. The van der Waals surface area contributed by atoms with Gasteiger partial charge in [0.1, 0.15) is 5.82 Å². The van der Waals surface area contributed by atoms with Gasteiger partial charge >= 0.3 is 0 Å². The van der Waals surface area contributed by atoms with Gasteiger partial charge in [-0.05, 0) is 54.6 Å². The number of carbonyl (C=O) groups is 1. The number of carbonyl (C=O) groups excluding carboxylic acids is 1. The molecule has 3 rings (SSSR count). The monoisotopic (exact) mass is 440 g/mol. The molecule has 0 spiro atoms. The van der Waals surface area contributed by atoms with E-state index in [0.717, 1.165) is 36.4 Å². The summed E-state index contributed by atoms with van der Waals surface area (Å²) in [5.41, 5.74) is -0.0674. The number of benzene rings is 3. The second kappa shape index (κ2) is 8.14. The molecule has 0 aliphatic carbocycles. The highest BCUT2D eigenvalue weighted by atomic mass is 35.5. The van der Waals surface area contributed by atoms with E-state index < -0.39 is 33.4 Å². The fourth-order valence-corrected chi connectivity index (χ4v) is 3.63. The molecule has 0 atom stereocenters. The van der Waals surface area contributed by atoms with Gasteiger partial charge in [0.25, 0.3) is 15.9 Å². The molecule has 1 amide bonds. The second-order valence-electron chi connectivity index (χ2n) is 5.84. The van der Waals surface area contributed by atoms with Gasteiger partial charge < -0.3 is 5.32 Å². The van der Waals surface area contributed by atoms with E-state index in [4.69, 9.17) is 11.6 Å². The summed E-state index contributed by atoms with van der Waals surface area (Å²) < 4.78 is 66.4. The Morgan fingerprint density at radius 1 is 0.862 bits per heavy atom. The van der Waals surface area contributed by atoms with Crippen LogP contribution in [0.4, 0.5) is 24.5 Å². The summed E-state index contributed by atoms with van der Waals surface area (Å²) in [6.45, 7) is 0. The van der Waals surface area contributed by atoms with Gasteiger partial charge in [0, 0.05) is 17.3 Å². The molecule has 0 heterocycles. The van der Waals surface area contributed by atoms with Gasteiger partial charge in [0.15, 0.2) is 11.6 Å². The third-order valence-electron chi connectivity index (χ3n) is 3.77. The zero-order valence-corrected chi connectivity index (χ0v) is 16.0. The lowest BCUT2D eigenvalue weighted by Crippen LogP contribution is -2.15. The molecule has 10 heteroatoms. The second-order valence-corrected chi connectivity index (χ2v) is 7.93. The molecule has 0 radical (unpaired) electrons. The normalized spacial score (nSPS) is 11.2. The lowest BCUT2D eigenvalue weighted by Gasteiger charge is -2.12. The van der Waals surface area contributed by atoms with Crippen molar-refractivity contribution in [1.82, 2.24) is 0 Å². The van der Waals surface area contributed by atoms with Gasteiger partial charge in [-0.3, -0.25) is 9.52 Å². The van der Waals surface area contributed by atoms with Crippen molar-refractivity contribution >= 4 is 38.9 Å². The molecule has 0 aliphatic rings. The first-order valence-corrected chi connectivity index (χ1v) is 9.86. The van der Waals surface area contributed by atoms with Gasteiger partial charge in [-0.25, -0.2) is 21.6 Å². The van der Waals surface area contributed by atoms with Crippen molar-refractivity contribution in [2.75, 3.05) is 10.0 Å². The zero-order chi connectivity index (χ0) is 21.2. The average Bonchev–Trinajstić information content (AvgIpc) is 2.66. The fourth-order valence-electron chi connectivity index (χ4n) is 2.34. The van der Waals surface area contributed by atoms with Gasteiger partial charge in [0.2, 0.25) is 0 Å². The number of halogens is 4. The minimum Gasteiger partial charge on any atom is -0.322 e. The zero-order valence-electron chi connectivity index (χ0n) is 14.4. The molecule has 3 aromatic carbocycles. The van der Waals surface area contributed by atoms with E-state index in [1.54, 1.807) is 0 Å². The summed E-state index contributed by atoms with van der Waals surface area (Å²) >= 11 is 6.01. The smallest absolute Gasteiger partial charge is 0.261 e. The fraction of sp³-hybridized carbons (Fsp3) is 0. The maximum Gasteiger partial charge on any atom is 0.261 e. The van der Waals surface area contributed by atoms with E-state index in [2.05, 4.69) is 10.0 Å². The third-order valence-corrected chi connectivity index (χ3v) is 5.49. The Hall–Kier alpha value is -3.04. The van der Waals surface area contributed by atoms with Crippen molar-refractivity contribution in [1.29, 1.82) is 0 Å². The van der Waals surface area contributed by atoms with Crippen LogP contribution < -0.4 is 10.0 Å². The molecule has 0 aliphatic heterocycles. The van der Waals surface area contributed by atoms with Gasteiger partial charge in [-0.2, -0.15) is 0 Å². The lowest BCUT2D eigenvalue weighted by molar-refractivity contribution is 0.102. The maximum absolute atomic E-state index is 13.3. The van der Waals surface area contributed by atoms with Gasteiger partial charge in [0.05, 0.1) is 15.6 Å². The van der Waals surface area contributed by atoms with Crippen LogP contribution in [0.1, 0.15) is 10.4 Å². The SMILES string of the molecule is O=C(Nc1ccc(F)c(F)c1)c1ccc(Cl)c(NS(=O)(=O)c2ccc(F)cc2)c1. The predicted molar refractivity (Wildman–Crippen MR) is 103 cm³/mol. The van der Waals surface area contributed by atoms with Crippen molar-refractivity contribution < 1.29 is 26.4 Å². The molecule has 0 bridgehead atoms. The molecule has 0 aromatic heterocycles. The molecule has 0 fully saturated rings. The van der Waals surface area contributed by atoms with E-state index in [9.17, 15) is 26.4 Å². The first-order chi connectivity index (χ1) is 13.7. The van der Waals surface area contributed by atoms with Crippen molar-refractivity contribution in [2.45, 2.75) is 4.90 Å². The summed E-state index contributed by atoms with van der Waals surface area (Å²) in [6, 6.07) is 10.8. The Morgan fingerprint density at radius 2 is 1.55 bits per heavy atom. The highest BCUT2D eigenvalue weighted by Crippen LogP contribution is 2.26. The quantitative estimate of drug-likeness (QED) is 0.597. The van der Waals surface area contributed by atoms with Crippen LogP contribution in [0, 0.1) is 17.5 Å². The Balaban J connectivity index is 1.84. The van der Waals surface area contributed by atoms with Crippen LogP contribution in [0.15, 0.2) is 65.6 Å². The summed E-state index contributed by atoms with van der Waals surface area (Å²) in [5.74, 6) is -3.49. The number of anilines is 2. The minimum absolute atomic E-state index is 0.0101. The molecule has 0 unspecified atom stereocenters. The number of hydrogen-bond donors (Lipinski definition) is 2. The Morgan fingerprint density at radius 3 is 2.21 bits per heavy atom. The molecular weight excluding hydrogens is 429 g/mol. The topological polar surface area (TPSA) is 75.3 Å². The molecular formula is C19H12ClF3N2O3S. The first kappa shape index (κ1) is 20.7. The van der Waals surface area contributed by atoms with Crippen LogP contribution in [0.25, 0.3) is 0 Å². The summed E-state index contributed by atoms with van der Waals surface area (Å²) in [6.07, 6.45) is 0. The number of rotatable bonds is 5. The van der Waals surface area contributed by atoms with E-state index in [1.165, 1.54) is 24.3 Å². The number of amides is 1. The molecule has 0 saturated carbocycles. The van der Waals surface area contributed by atoms with Crippen LogP contribution in [0.3, 0.4) is 0 Å². The predicted octanol–water partition coefficient (Wildman–Crippen LogP) is 4.81. The largest absolute Gasteiger partial charge is 0.322 e. The van der Waals surface area contributed by atoms with E-state index in [0.29, 0.717) is 0 Å². The molecule has 150 valence electrons. The molecule has 3 aromatic rings. The third kappa shape index (κ3) is 4.87. The minimum atomic E-state index is -4.09. The highest BCUT2D eigenvalue weighted by Gasteiger charge is 2.18. The maximum atomic E-state index is 13.3. The van der Waals surface area contributed by atoms with E-state index >= 15 is 0 Å². The Labute approximate surface area is 169 Å². The van der Waals surface area contributed by atoms with Crippen molar-refractivity contribution in [3.05, 3.63) is 88.7 Å². The Kier molecular flexibility index (Phi) is 5.81. The van der Waals surface area contributed by atoms with Crippen LogP contribution in [0.2, 0.25) is 5.02 Å². The number of nitrogens with one attached hydrogen (secondary N) is 2. The van der Waals surface area contributed by atoms with E-state index in [-0.39, 0.29) is 26.9 Å². The van der Waals surface area contributed by atoms with Crippen molar-refractivity contribution in [2.24, 2.45) is 0 Å². The average molecular weight is 441 g/mol.